The van der Waals surface area contributed by atoms with Gasteiger partial charge in [-0.05, 0) is 30.2 Å². The number of carbonyl (C=O) groups is 1. The molecule has 0 saturated heterocycles. The fourth-order valence-corrected chi connectivity index (χ4v) is 2.46. The fourth-order valence-electron chi connectivity index (χ4n) is 2.46. The monoisotopic (exact) mass is 344 g/mol. The van der Waals surface area contributed by atoms with E-state index in [4.69, 9.17) is 19.9 Å². The molecule has 0 aliphatic heterocycles. The molecular weight excluding hydrogens is 320 g/mol. The van der Waals surface area contributed by atoms with Crippen molar-refractivity contribution in [1.29, 1.82) is 0 Å². The van der Waals surface area contributed by atoms with E-state index in [0.717, 1.165) is 16.7 Å². The fraction of sp³-hybridized carbons (Fsp3) is 0.316. The quantitative estimate of drug-likeness (QED) is 0.805. The van der Waals surface area contributed by atoms with Crippen molar-refractivity contribution >= 4 is 5.91 Å². The molecule has 0 aliphatic rings. The van der Waals surface area contributed by atoms with Crippen LogP contribution in [0.2, 0.25) is 0 Å². The molecule has 6 heteroatoms. The maximum absolute atomic E-state index is 12.3. The zero-order valence-corrected chi connectivity index (χ0v) is 15.0. The third kappa shape index (κ3) is 4.42. The summed E-state index contributed by atoms with van der Waals surface area (Å²) in [5.74, 6) is 1.33. The highest BCUT2D eigenvalue weighted by Crippen LogP contribution is 2.38. The summed E-state index contributed by atoms with van der Waals surface area (Å²) in [5, 5.41) is 2.84. The van der Waals surface area contributed by atoms with Crippen LogP contribution < -0.4 is 25.3 Å². The molecule has 0 saturated carbocycles. The molecule has 2 aromatic carbocycles. The van der Waals surface area contributed by atoms with Crippen LogP contribution in [0.15, 0.2) is 36.4 Å². The molecule has 0 fully saturated rings. The minimum absolute atomic E-state index is 0.252. The van der Waals surface area contributed by atoms with Gasteiger partial charge in [0.25, 0.3) is 0 Å². The van der Waals surface area contributed by atoms with Gasteiger partial charge in [0.2, 0.25) is 11.7 Å². The first-order valence-electron chi connectivity index (χ1n) is 7.89. The highest BCUT2D eigenvalue weighted by Gasteiger charge is 2.17. The lowest BCUT2D eigenvalue weighted by Gasteiger charge is -2.16. The van der Waals surface area contributed by atoms with Crippen LogP contribution in [-0.4, -0.2) is 27.2 Å². The van der Waals surface area contributed by atoms with Gasteiger partial charge in [-0.15, -0.1) is 0 Å². The number of carbonyl (C=O) groups excluding carboxylic acids is 1. The topological polar surface area (TPSA) is 82.8 Å². The van der Waals surface area contributed by atoms with Gasteiger partial charge in [0.05, 0.1) is 21.3 Å². The minimum atomic E-state index is -0.720. The Labute approximate surface area is 147 Å². The van der Waals surface area contributed by atoms with E-state index in [9.17, 15) is 4.79 Å². The van der Waals surface area contributed by atoms with Crippen LogP contribution in [0.1, 0.15) is 22.7 Å². The molecule has 0 heterocycles. The summed E-state index contributed by atoms with van der Waals surface area (Å²) in [5.41, 5.74) is 8.74. The van der Waals surface area contributed by atoms with E-state index in [-0.39, 0.29) is 5.91 Å². The summed E-state index contributed by atoms with van der Waals surface area (Å²) < 4.78 is 15.9. The second-order valence-corrected chi connectivity index (χ2v) is 5.64. The van der Waals surface area contributed by atoms with Crippen molar-refractivity contribution in [2.24, 2.45) is 5.73 Å². The van der Waals surface area contributed by atoms with Gasteiger partial charge < -0.3 is 25.3 Å². The Morgan fingerprint density at radius 1 is 1.04 bits per heavy atom. The van der Waals surface area contributed by atoms with Gasteiger partial charge in [-0.3, -0.25) is 4.79 Å². The second-order valence-electron chi connectivity index (χ2n) is 5.64. The van der Waals surface area contributed by atoms with E-state index >= 15 is 0 Å². The van der Waals surface area contributed by atoms with Gasteiger partial charge in [0.15, 0.2) is 11.5 Å². The third-order valence-corrected chi connectivity index (χ3v) is 3.91. The van der Waals surface area contributed by atoms with Gasteiger partial charge >= 0.3 is 0 Å². The normalized spacial score (nSPS) is 11.6. The van der Waals surface area contributed by atoms with E-state index in [1.165, 1.54) is 0 Å². The molecular formula is C19H24N2O4. The summed E-state index contributed by atoms with van der Waals surface area (Å²) in [6.07, 6.45) is 0. The van der Waals surface area contributed by atoms with Crippen molar-refractivity contribution in [2.45, 2.75) is 19.5 Å². The highest BCUT2D eigenvalue weighted by molar-refractivity contribution is 5.82. The van der Waals surface area contributed by atoms with Crippen molar-refractivity contribution in [2.75, 3.05) is 21.3 Å². The van der Waals surface area contributed by atoms with Crippen molar-refractivity contribution < 1.29 is 19.0 Å². The molecule has 1 amide bonds. The lowest BCUT2D eigenvalue weighted by Crippen LogP contribution is -2.33. The van der Waals surface area contributed by atoms with Crippen molar-refractivity contribution in [1.82, 2.24) is 5.32 Å². The third-order valence-electron chi connectivity index (χ3n) is 3.91. The molecule has 0 spiro atoms. The zero-order chi connectivity index (χ0) is 18.4. The number of benzene rings is 2. The van der Waals surface area contributed by atoms with E-state index in [2.05, 4.69) is 5.32 Å². The molecule has 1 atom stereocenters. The van der Waals surface area contributed by atoms with E-state index in [1.54, 1.807) is 33.5 Å². The maximum Gasteiger partial charge on any atom is 0.241 e. The summed E-state index contributed by atoms with van der Waals surface area (Å²) in [6.45, 7) is 2.29. The Kier molecular flexibility index (Phi) is 6.25. The van der Waals surface area contributed by atoms with Gasteiger partial charge in [0.1, 0.15) is 6.04 Å². The standard InChI is InChI=1S/C19H24N2O4/c1-12-5-7-14(8-6-12)17(20)19(22)21-11-13-9-15(23-2)18(25-4)16(10-13)24-3/h5-10,17H,11,20H2,1-4H3,(H,21,22). The lowest BCUT2D eigenvalue weighted by atomic mass is 10.1. The van der Waals surface area contributed by atoms with Crippen LogP contribution in [0.5, 0.6) is 17.2 Å². The Morgan fingerprint density at radius 2 is 1.60 bits per heavy atom. The van der Waals surface area contributed by atoms with Crippen LogP contribution in [0.25, 0.3) is 0 Å². The summed E-state index contributed by atoms with van der Waals surface area (Å²) in [6, 6.07) is 10.4. The molecule has 0 aromatic heterocycles. The second kappa shape index (κ2) is 8.39. The molecule has 0 radical (unpaired) electrons. The van der Waals surface area contributed by atoms with Crippen LogP contribution >= 0.6 is 0 Å². The number of hydrogen-bond donors (Lipinski definition) is 2. The molecule has 0 bridgehead atoms. The molecule has 25 heavy (non-hydrogen) atoms. The van der Waals surface area contributed by atoms with Crippen LogP contribution in [-0.2, 0) is 11.3 Å². The first kappa shape index (κ1) is 18.6. The average Bonchev–Trinajstić information content (AvgIpc) is 2.64. The van der Waals surface area contributed by atoms with E-state index in [1.807, 2.05) is 31.2 Å². The number of amides is 1. The Hall–Kier alpha value is -2.73. The molecule has 1 unspecified atom stereocenters. The Morgan fingerprint density at radius 3 is 2.08 bits per heavy atom. The van der Waals surface area contributed by atoms with Gasteiger partial charge in [-0.2, -0.15) is 0 Å². The van der Waals surface area contributed by atoms with Crippen LogP contribution in [0.3, 0.4) is 0 Å². The number of nitrogens with one attached hydrogen (secondary N) is 1. The molecule has 6 nitrogen and oxygen atoms in total. The first-order valence-corrected chi connectivity index (χ1v) is 7.89. The Balaban J connectivity index is 2.09. The number of rotatable bonds is 7. The van der Waals surface area contributed by atoms with Crippen LogP contribution in [0, 0.1) is 6.92 Å². The summed E-state index contributed by atoms with van der Waals surface area (Å²) in [4.78, 5) is 12.3. The summed E-state index contributed by atoms with van der Waals surface area (Å²) in [7, 11) is 4.64. The van der Waals surface area contributed by atoms with E-state index < -0.39 is 6.04 Å². The maximum atomic E-state index is 12.3. The summed E-state index contributed by atoms with van der Waals surface area (Å²) >= 11 is 0. The van der Waals surface area contributed by atoms with Crippen LogP contribution in [0.4, 0.5) is 0 Å². The largest absolute Gasteiger partial charge is 0.493 e. The molecule has 0 aliphatic carbocycles. The SMILES string of the molecule is COc1cc(CNC(=O)C(N)c2ccc(C)cc2)cc(OC)c1OC. The zero-order valence-electron chi connectivity index (χ0n) is 15.0. The minimum Gasteiger partial charge on any atom is -0.493 e. The number of aryl methyl sites for hydroxylation is 1. The highest BCUT2D eigenvalue weighted by atomic mass is 16.5. The van der Waals surface area contributed by atoms with Gasteiger partial charge in [-0.25, -0.2) is 0 Å². The lowest BCUT2D eigenvalue weighted by molar-refractivity contribution is -0.122. The van der Waals surface area contributed by atoms with Crippen molar-refractivity contribution in [3.05, 3.63) is 53.1 Å². The Bertz CT molecular complexity index is 704. The van der Waals surface area contributed by atoms with Crippen molar-refractivity contribution in [3.8, 4) is 17.2 Å². The predicted octanol–water partition coefficient (Wildman–Crippen LogP) is 2.34. The molecule has 134 valence electrons. The number of methoxy groups -OCH3 is 3. The number of nitrogens with two attached hydrogens (primary N) is 1. The molecule has 3 N–H and O–H groups in total. The predicted molar refractivity (Wildman–Crippen MR) is 96.1 cm³/mol. The van der Waals surface area contributed by atoms with Gasteiger partial charge in [0, 0.05) is 6.54 Å². The van der Waals surface area contributed by atoms with Gasteiger partial charge in [-0.1, -0.05) is 29.8 Å². The first-order chi connectivity index (χ1) is 12.0. The average molecular weight is 344 g/mol. The molecule has 2 rings (SSSR count). The smallest absolute Gasteiger partial charge is 0.241 e. The van der Waals surface area contributed by atoms with E-state index in [0.29, 0.717) is 23.8 Å². The number of ether oxygens (including phenoxy) is 3. The molecule has 2 aromatic rings. The number of hydrogen-bond acceptors (Lipinski definition) is 5. The van der Waals surface area contributed by atoms with Crippen molar-refractivity contribution in [3.63, 3.8) is 0 Å².